The van der Waals surface area contributed by atoms with Gasteiger partial charge in [0.1, 0.15) is 4.90 Å². The van der Waals surface area contributed by atoms with Crippen LogP contribution in [0.25, 0.3) is 0 Å². The molecule has 120 valence electrons. The lowest BCUT2D eigenvalue weighted by atomic mass is 10.2. The molecule has 0 saturated heterocycles. The minimum atomic E-state index is -3.76. The number of hydrogen-bond donors (Lipinski definition) is 1. The third-order valence-electron chi connectivity index (χ3n) is 2.97. The summed E-state index contributed by atoms with van der Waals surface area (Å²) in [6, 6.07) is 2.77. The highest BCUT2D eigenvalue weighted by molar-refractivity contribution is 7.89. The second kappa shape index (κ2) is 8.31. The predicted octanol–water partition coefficient (Wildman–Crippen LogP) is 2.53. The summed E-state index contributed by atoms with van der Waals surface area (Å²) >= 11 is 12.0. The molecule has 8 heteroatoms. The fourth-order valence-corrected chi connectivity index (χ4v) is 4.12. The van der Waals surface area contributed by atoms with Crippen LogP contribution in [0.15, 0.2) is 17.0 Å². The van der Waals surface area contributed by atoms with Gasteiger partial charge in [0, 0.05) is 30.3 Å². The number of ether oxygens (including phenoxy) is 1. The lowest BCUT2D eigenvalue weighted by molar-refractivity contribution is 0.135. The van der Waals surface area contributed by atoms with Gasteiger partial charge in [0.25, 0.3) is 0 Å². The normalized spacial score (nSPS) is 12.1. The van der Waals surface area contributed by atoms with Crippen molar-refractivity contribution in [1.29, 1.82) is 0 Å². The smallest absolute Gasteiger partial charge is 0.244 e. The Morgan fingerprint density at radius 1 is 1.29 bits per heavy atom. The van der Waals surface area contributed by atoms with Gasteiger partial charge in [-0.2, -0.15) is 4.31 Å². The molecule has 1 N–H and O–H groups in total. The van der Waals surface area contributed by atoms with E-state index in [0.717, 1.165) is 0 Å². The quantitative estimate of drug-likeness (QED) is 0.727. The molecule has 0 atom stereocenters. The predicted molar refractivity (Wildman–Crippen MR) is 83.3 cm³/mol. The van der Waals surface area contributed by atoms with Crippen molar-refractivity contribution in [2.45, 2.75) is 25.3 Å². The molecule has 0 aromatic heterocycles. The number of rotatable bonds is 8. The van der Waals surface area contributed by atoms with Gasteiger partial charge in [-0.1, -0.05) is 30.1 Å². The van der Waals surface area contributed by atoms with Gasteiger partial charge in [-0.05, 0) is 19.1 Å². The Kier molecular flexibility index (Phi) is 7.39. The Bertz CT molecular complexity index is 578. The number of aliphatic hydroxyl groups is 1. The summed E-state index contributed by atoms with van der Waals surface area (Å²) in [7, 11) is -3.76. The average Bonchev–Trinajstić information content (AvgIpc) is 2.43. The molecule has 0 saturated carbocycles. The molecular weight excluding hydrogens is 337 g/mol. The molecule has 0 bridgehead atoms. The Morgan fingerprint density at radius 3 is 2.48 bits per heavy atom. The van der Waals surface area contributed by atoms with E-state index in [9.17, 15) is 13.5 Å². The van der Waals surface area contributed by atoms with Gasteiger partial charge in [-0.25, -0.2) is 8.42 Å². The van der Waals surface area contributed by atoms with E-state index in [2.05, 4.69) is 0 Å². The Labute approximate surface area is 135 Å². The number of halogens is 2. The van der Waals surface area contributed by atoms with Gasteiger partial charge in [0.2, 0.25) is 10.0 Å². The largest absolute Gasteiger partial charge is 0.392 e. The molecule has 0 fully saturated rings. The molecule has 0 aliphatic rings. The number of aliphatic hydroxyl groups excluding tert-OH is 1. The van der Waals surface area contributed by atoms with Crippen LogP contribution in [0.5, 0.6) is 0 Å². The van der Waals surface area contributed by atoms with Crippen molar-refractivity contribution in [3.8, 4) is 0 Å². The van der Waals surface area contributed by atoms with Gasteiger partial charge < -0.3 is 9.84 Å². The zero-order chi connectivity index (χ0) is 16.0. The van der Waals surface area contributed by atoms with Crippen LogP contribution in [0.3, 0.4) is 0 Å². The first kappa shape index (κ1) is 18.7. The maximum atomic E-state index is 12.6. The van der Waals surface area contributed by atoms with Gasteiger partial charge in [0.15, 0.2) is 0 Å². The van der Waals surface area contributed by atoms with Crippen LogP contribution in [-0.4, -0.2) is 44.1 Å². The molecule has 0 aliphatic carbocycles. The molecule has 1 aromatic rings. The van der Waals surface area contributed by atoms with Gasteiger partial charge >= 0.3 is 0 Å². The van der Waals surface area contributed by atoms with E-state index >= 15 is 0 Å². The Hall–Kier alpha value is -0.370. The molecule has 0 aliphatic heterocycles. The first-order chi connectivity index (χ1) is 9.89. The molecule has 5 nitrogen and oxygen atoms in total. The van der Waals surface area contributed by atoms with Crippen LogP contribution in [-0.2, 0) is 21.4 Å². The maximum Gasteiger partial charge on any atom is 0.244 e. The summed E-state index contributed by atoms with van der Waals surface area (Å²) in [5.41, 5.74) is 0.209. The third kappa shape index (κ3) is 4.31. The number of benzene rings is 1. The number of hydrogen-bond acceptors (Lipinski definition) is 4. The molecule has 1 rings (SSSR count). The van der Waals surface area contributed by atoms with Crippen LogP contribution in [0.4, 0.5) is 0 Å². The first-order valence-electron chi connectivity index (χ1n) is 6.55. The minimum Gasteiger partial charge on any atom is -0.392 e. The zero-order valence-corrected chi connectivity index (χ0v) is 14.3. The topological polar surface area (TPSA) is 66.8 Å². The van der Waals surface area contributed by atoms with E-state index in [1.54, 1.807) is 6.92 Å². The highest BCUT2D eigenvalue weighted by atomic mass is 35.5. The van der Waals surface area contributed by atoms with Crippen LogP contribution in [0, 0.1) is 0 Å². The third-order valence-corrected chi connectivity index (χ3v) is 5.88. The van der Waals surface area contributed by atoms with Crippen molar-refractivity contribution in [1.82, 2.24) is 4.31 Å². The van der Waals surface area contributed by atoms with Gasteiger partial charge in [-0.15, -0.1) is 0 Å². The summed E-state index contributed by atoms with van der Waals surface area (Å²) in [6.45, 7) is 4.51. The lowest BCUT2D eigenvalue weighted by Crippen LogP contribution is -2.34. The van der Waals surface area contributed by atoms with E-state index in [0.29, 0.717) is 19.8 Å². The van der Waals surface area contributed by atoms with Crippen molar-refractivity contribution >= 4 is 33.2 Å². The van der Waals surface area contributed by atoms with E-state index < -0.39 is 16.6 Å². The highest BCUT2D eigenvalue weighted by Crippen LogP contribution is 2.32. The molecule has 21 heavy (non-hydrogen) atoms. The lowest BCUT2D eigenvalue weighted by Gasteiger charge is -2.21. The zero-order valence-electron chi connectivity index (χ0n) is 12.0. The van der Waals surface area contributed by atoms with Crippen LogP contribution < -0.4 is 0 Å². The molecule has 1 aromatic carbocycles. The average molecular weight is 356 g/mol. The van der Waals surface area contributed by atoms with Crippen LogP contribution >= 0.6 is 23.2 Å². The van der Waals surface area contributed by atoms with Gasteiger partial charge in [-0.3, -0.25) is 0 Å². The standard InChI is InChI=1S/C13H19Cl2NO4S/c1-3-16(7-8-20-4-2)21(18,19)12-6-5-11(14)10(9-17)13(12)15/h5-6,17H,3-4,7-9H2,1-2H3. The molecule has 0 amide bonds. The Balaban J connectivity index is 3.17. The highest BCUT2D eigenvalue weighted by Gasteiger charge is 2.27. The molecular formula is C13H19Cl2NO4S. The number of sulfonamides is 1. The van der Waals surface area contributed by atoms with Crippen molar-refractivity contribution in [2.24, 2.45) is 0 Å². The van der Waals surface area contributed by atoms with E-state index in [4.69, 9.17) is 27.9 Å². The monoisotopic (exact) mass is 355 g/mol. The minimum absolute atomic E-state index is 0.0418. The van der Waals surface area contributed by atoms with E-state index in [1.165, 1.54) is 16.4 Å². The van der Waals surface area contributed by atoms with Crippen molar-refractivity contribution in [3.05, 3.63) is 27.7 Å². The maximum absolute atomic E-state index is 12.6. The summed E-state index contributed by atoms with van der Waals surface area (Å²) in [4.78, 5) is -0.0593. The van der Waals surface area contributed by atoms with E-state index in [-0.39, 0.29) is 27.0 Å². The van der Waals surface area contributed by atoms with Crippen LogP contribution in [0.1, 0.15) is 19.4 Å². The Morgan fingerprint density at radius 2 is 1.95 bits per heavy atom. The summed E-state index contributed by atoms with van der Waals surface area (Å²) in [5.74, 6) is 0. The van der Waals surface area contributed by atoms with Gasteiger partial charge in [0.05, 0.1) is 18.2 Å². The van der Waals surface area contributed by atoms with E-state index in [1.807, 2.05) is 6.92 Å². The molecule has 0 radical (unpaired) electrons. The molecule has 0 heterocycles. The summed E-state index contributed by atoms with van der Waals surface area (Å²) in [5, 5.41) is 9.45. The van der Waals surface area contributed by atoms with Crippen molar-refractivity contribution < 1.29 is 18.3 Å². The summed E-state index contributed by atoms with van der Waals surface area (Å²) < 4.78 is 31.7. The fourth-order valence-electron chi connectivity index (χ4n) is 1.82. The van der Waals surface area contributed by atoms with Crippen molar-refractivity contribution in [2.75, 3.05) is 26.3 Å². The van der Waals surface area contributed by atoms with Crippen molar-refractivity contribution in [3.63, 3.8) is 0 Å². The second-order valence-electron chi connectivity index (χ2n) is 4.19. The molecule has 0 spiro atoms. The first-order valence-corrected chi connectivity index (χ1v) is 8.75. The second-order valence-corrected chi connectivity index (χ2v) is 6.88. The van der Waals surface area contributed by atoms with Crippen LogP contribution in [0.2, 0.25) is 10.0 Å². The number of nitrogens with zero attached hydrogens (tertiary/aromatic N) is 1. The SMILES string of the molecule is CCOCCN(CC)S(=O)(=O)c1ccc(Cl)c(CO)c1Cl. The summed E-state index contributed by atoms with van der Waals surface area (Å²) in [6.07, 6.45) is 0. The number of likely N-dealkylation sites (N-methyl/N-ethyl adjacent to an activating group) is 1. The molecule has 0 unspecified atom stereocenters. The fraction of sp³-hybridized carbons (Fsp3) is 0.538.